The number of hydrogen-bond donors (Lipinski definition) is 1. The maximum atomic E-state index is 6.04. The van der Waals surface area contributed by atoms with Gasteiger partial charge in [0.25, 0.3) is 0 Å². The first-order valence-corrected chi connectivity index (χ1v) is 11.2. The van der Waals surface area contributed by atoms with Crippen LogP contribution in [0.5, 0.6) is 5.75 Å². The van der Waals surface area contributed by atoms with Crippen LogP contribution >= 0.6 is 44.3 Å². The minimum absolute atomic E-state index is 0. The molecular formula is C24H23Br2ClN2O. The van der Waals surface area contributed by atoms with Crippen LogP contribution < -0.4 is 10.1 Å². The van der Waals surface area contributed by atoms with Crippen molar-refractivity contribution in [2.24, 2.45) is 4.99 Å². The second kappa shape index (κ2) is 9.99. The molecule has 0 radical (unpaired) electrons. The van der Waals surface area contributed by atoms with E-state index in [0.717, 1.165) is 26.1 Å². The summed E-state index contributed by atoms with van der Waals surface area (Å²) in [7, 11) is 0. The maximum Gasteiger partial charge on any atom is 0.133 e. The third-order valence-corrected chi connectivity index (χ3v) is 5.88. The highest BCUT2D eigenvalue weighted by Crippen LogP contribution is 2.38. The van der Waals surface area contributed by atoms with Crippen LogP contribution in [-0.2, 0) is 0 Å². The molecule has 30 heavy (non-hydrogen) atoms. The summed E-state index contributed by atoms with van der Waals surface area (Å²) in [6, 6.07) is 24.9. The number of hydrogen-bond acceptors (Lipinski definition) is 3. The van der Waals surface area contributed by atoms with Crippen LogP contribution in [0.1, 0.15) is 42.6 Å². The van der Waals surface area contributed by atoms with E-state index in [9.17, 15) is 0 Å². The average molecular weight is 551 g/mol. The fourth-order valence-corrected chi connectivity index (χ4v) is 4.03. The van der Waals surface area contributed by atoms with Crippen molar-refractivity contribution in [1.82, 2.24) is 5.32 Å². The Bertz CT molecular complexity index is 1020. The van der Waals surface area contributed by atoms with Crippen molar-refractivity contribution < 1.29 is 4.74 Å². The molecule has 1 heterocycles. The zero-order valence-electron chi connectivity index (χ0n) is 16.7. The van der Waals surface area contributed by atoms with Gasteiger partial charge in [0, 0.05) is 8.95 Å². The molecule has 3 nitrogen and oxygen atoms in total. The minimum atomic E-state index is -0.0219. The lowest BCUT2D eigenvalue weighted by atomic mass is 9.95. The lowest BCUT2D eigenvalue weighted by Crippen LogP contribution is -2.25. The number of halogens is 3. The van der Waals surface area contributed by atoms with E-state index in [-0.39, 0.29) is 30.6 Å². The van der Waals surface area contributed by atoms with Gasteiger partial charge < -0.3 is 10.1 Å². The van der Waals surface area contributed by atoms with Gasteiger partial charge in [-0.3, -0.25) is 4.99 Å². The quantitative estimate of drug-likeness (QED) is 0.363. The molecule has 156 valence electrons. The molecule has 0 amide bonds. The number of para-hydroxylation sites is 1. The van der Waals surface area contributed by atoms with Gasteiger partial charge in [-0.15, -0.1) is 12.4 Å². The summed E-state index contributed by atoms with van der Waals surface area (Å²) in [4.78, 5) is 5.10. The van der Waals surface area contributed by atoms with E-state index in [2.05, 4.69) is 91.8 Å². The van der Waals surface area contributed by atoms with E-state index >= 15 is 0 Å². The van der Waals surface area contributed by atoms with E-state index in [4.69, 9.17) is 9.73 Å². The van der Waals surface area contributed by atoms with E-state index in [0.29, 0.717) is 0 Å². The molecule has 2 unspecified atom stereocenters. The molecule has 0 saturated carbocycles. The van der Waals surface area contributed by atoms with Crippen LogP contribution in [0.3, 0.4) is 0 Å². The number of aliphatic imine (C=N–C) groups is 1. The fourth-order valence-electron chi connectivity index (χ4n) is 3.51. The molecule has 0 bridgehead atoms. The third kappa shape index (κ3) is 5.08. The highest BCUT2D eigenvalue weighted by atomic mass is 79.9. The van der Waals surface area contributed by atoms with Crippen LogP contribution in [0.25, 0.3) is 0 Å². The van der Waals surface area contributed by atoms with Gasteiger partial charge >= 0.3 is 0 Å². The molecule has 0 fully saturated rings. The summed E-state index contributed by atoms with van der Waals surface area (Å²) >= 11 is 7.06. The number of rotatable bonds is 5. The third-order valence-electron chi connectivity index (χ3n) is 4.82. The molecule has 0 saturated heterocycles. The normalized spacial score (nSPS) is 17.8. The van der Waals surface area contributed by atoms with Crippen molar-refractivity contribution in [3.8, 4) is 5.75 Å². The lowest BCUT2D eigenvalue weighted by molar-refractivity contribution is 0.242. The van der Waals surface area contributed by atoms with E-state index in [1.54, 1.807) is 0 Å². The summed E-state index contributed by atoms with van der Waals surface area (Å²) in [5.74, 6) is 1.71. The molecule has 3 aromatic rings. The highest BCUT2D eigenvalue weighted by Gasteiger charge is 2.32. The second-order valence-electron chi connectivity index (χ2n) is 7.31. The van der Waals surface area contributed by atoms with Gasteiger partial charge in [0.2, 0.25) is 0 Å². The van der Waals surface area contributed by atoms with Gasteiger partial charge in [-0.2, -0.15) is 0 Å². The Morgan fingerprint density at radius 1 is 0.833 bits per heavy atom. The number of nitrogens with one attached hydrogen (secondary N) is 1. The molecule has 0 aliphatic carbocycles. The molecule has 3 aromatic carbocycles. The largest absolute Gasteiger partial charge is 0.490 e. The maximum absolute atomic E-state index is 6.04. The Kier molecular flexibility index (Phi) is 7.61. The molecule has 1 N–H and O–H groups in total. The summed E-state index contributed by atoms with van der Waals surface area (Å²) < 4.78 is 8.17. The number of nitrogens with zero attached hydrogens (tertiary/aromatic N) is 1. The Morgan fingerprint density at radius 3 is 2.00 bits per heavy atom. The van der Waals surface area contributed by atoms with Crippen molar-refractivity contribution in [3.05, 3.63) is 98.4 Å². The smallest absolute Gasteiger partial charge is 0.133 e. The predicted molar refractivity (Wildman–Crippen MR) is 133 cm³/mol. The van der Waals surface area contributed by atoms with Gasteiger partial charge in [-0.1, -0.05) is 68.3 Å². The lowest BCUT2D eigenvalue weighted by Gasteiger charge is -2.20. The highest BCUT2D eigenvalue weighted by molar-refractivity contribution is 9.10. The van der Waals surface area contributed by atoms with Gasteiger partial charge in [0.15, 0.2) is 0 Å². The monoisotopic (exact) mass is 548 g/mol. The van der Waals surface area contributed by atoms with Crippen LogP contribution in [0, 0.1) is 0 Å². The van der Waals surface area contributed by atoms with Crippen LogP contribution in [0.4, 0.5) is 0 Å². The van der Waals surface area contributed by atoms with Crippen LogP contribution in [0.15, 0.2) is 86.7 Å². The molecule has 1 aliphatic rings. The Labute approximate surface area is 200 Å². The van der Waals surface area contributed by atoms with Crippen molar-refractivity contribution in [2.75, 3.05) is 0 Å². The second-order valence-corrected chi connectivity index (χ2v) is 9.14. The number of amidine groups is 1. The Morgan fingerprint density at radius 2 is 1.40 bits per heavy atom. The number of ether oxygens (including phenoxy) is 1. The fraction of sp³-hybridized carbons (Fsp3) is 0.208. The van der Waals surface area contributed by atoms with E-state index < -0.39 is 0 Å². The average Bonchev–Trinajstić information content (AvgIpc) is 3.14. The summed E-state index contributed by atoms with van der Waals surface area (Å²) in [5, 5.41) is 3.66. The minimum Gasteiger partial charge on any atom is -0.490 e. The molecule has 4 rings (SSSR count). The molecule has 6 heteroatoms. The van der Waals surface area contributed by atoms with Gasteiger partial charge in [-0.25, -0.2) is 0 Å². The predicted octanol–water partition coefficient (Wildman–Crippen LogP) is 7.25. The van der Waals surface area contributed by atoms with Crippen LogP contribution in [0.2, 0.25) is 0 Å². The topological polar surface area (TPSA) is 33.6 Å². The van der Waals surface area contributed by atoms with E-state index in [1.807, 2.05) is 32.0 Å². The van der Waals surface area contributed by atoms with E-state index in [1.165, 1.54) is 11.1 Å². The van der Waals surface area contributed by atoms with Gasteiger partial charge in [0.1, 0.15) is 17.6 Å². The van der Waals surface area contributed by atoms with Gasteiger partial charge in [0.05, 0.1) is 17.7 Å². The van der Waals surface area contributed by atoms with Gasteiger partial charge in [-0.05, 0) is 61.4 Å². The molecule has 0 aromatic heterocycles. The summed E-state index contributed by atoms with van der Waals surface area (Å²) in [5.41, 5.74) is 3.36. The first-order chi connectivity index (χ1) is 14.0. The van der Waals surface area contributed by atoms with Crippen molar-refractivity contribution in [2.45, 2.75) is 32.0 Å². The Balaban J connectivity index is 0.00000256. The first-order valence-electron chi connectivity index (χ1n) is 9.62. The number of benzene rings is 3. The van der Waals surface area contributed by atoms with Crippen molar-refractivity contribution in [3.63, 3.8) is 0 Å². The Hall–Kier alpha value is -1.82. The summed E-state index contributed by atoms with van der Waals surface area (Å²) in [6.07, 6.45) is 0.0997. The molecule has 1 aliphatic heterocycles. The molecule has 0 spiro atoms. The molecule has 2 atom stereocenters. The molecular weight excluding hydrogens is 528 g/mol. The first kappa shape index (κ1) is 22.9. The van der Waals surface area contributed by atoms with Crippen molar-refractivity contribution in [1.29, 1.82) is 0 Å². The SMILES string of the molecule is CC(C)Oc1ccccc1C1=NC(c2ccc(Br)cc2)C(c2ccc(Br)cc2)N1.Cl. The zero-order chi connectivity index (χ0) is 20.4. The van der Waals surface area contributed by atoms with Crippen molar-refractivity contribution >= 4 is 50.1 Å². The van der Waals surface area contributed by atoms with Crippen LogP contribution in [-0.4, -0.2) is 11.9 Å². The summed E-state index contributed by atoms with van der Waals surface area (Å²) in [6.45, 7) is 4.08. The zero-order valence-corrected chi connectivity index (χ0v) is 20.7. The standard InChI is InChI=1S/C24H22Br2N2O.ClH/c1-15(2)29-21-6-4-3-5-20(21)24-27-22(16-7-11-18(25)12-8-16)23(28-24)17-9-13-19(26)14-10-17;/h3-15,22-23H,1-2H3,(H,27,28);1H.